The minimum Gasteiger partial charge on any atom is -0.494 e. The Balaban J connectivity index is 1.58. The van der Waals surface area contributed by atoms with Crippen molar-refractivity contribution in [3.8, 4) is 11.5 Å². The molecule has 0 aliphatic rings. The van der Waals surface area contributed by atoms with E-state index >= 15 is 0 Å². The molecule has 2 amide bonds. The van der Waals surface area contributed by atoms with Crippen LogP contribution in [0.2, 0.25) is 0 Å². The number of nitrogens with one attached hydrogen (secondary N) is 2. The van der Waals surface area contributed by atoms with E-state index in [4.69, 9.17) is 9.47 Å². The molecule has 0 atom stereocenters. The molecule has 0 aromatic heterocycles. The first-order valence-corrected chi connectivity index (χ1v) is 14.8. The minimum atomic E-state index is -0.421. The molecule has 2 aromatic rings. The number of amides is 2. The molecular weight excluding hydrogens is 514 g/mol. The maximum atomic E-state index is 12.4. The van der Waals surface area contributed by atoms with Crippen molar-refractivity contribution < 1.29 is 27.8 Å². The number of ether oxygens (including phenoxy) is 2. The van der Waals surface area contributed by atoms with Crippen LogP contribution in [0.1, 0.15) is 111 Å². The SMILES string of the molecule is O=C(NNC(=O)c1ccc(OCCCCCCCCCF)cc1)c1ccc(OCCCCCCCCCF)cc1. The Morgan fingerprint density at radius 3 is 1.10 bits per heavy atom. The zero-order valence-corrected chi connectivity index (χ0v) is 23.7. The quantitative estimate of drug-likeness (QED) is 0.113. The molecule has 0 radical (unpaired) electrons. The van der Waals surface area contributed by atoms with Gasteiger partial charge in [0.1, 0.15) is 11.5 Å². The first-order chi connectivity index (χ1) is 19.6. The van der Waals surface area contributed by atoms with Crippen molar-refractivity contribution in [2.75, 3.05) is 26.6 Å². The summed E-state index contributed by atoms with van der Waals surface area (Å²) >= 11 is 0. The molecule has 2 N–H and O–H groups in total. The molecule has 0 spiro atoms. The zero-order chi connectivity index (χ0) is 28.7. The first-order valence-electron chi connectivity index (χ1n) is 14.8. The number of hydrazine groups is 1. The van der Waals surface area contributed by atoms with Gasteiger partial charge in [-0.2, -0.15) is 0 Å². The molecule has 222 valence electrons. The topological polar surface area (TPSA) is 76.7 Å². The average molecular weight is 561 g/mol. The maximum Gasteiger partial charge on any atom is 0.269 e. The van der Waals surface area contributed by atoms with Crippen molar-refractivity contribution in [3.05, 3.63) is 59.7 Å². The van der Waals surface area contributed by atoms with Crippen LogP contribution in [0.3, 0.4) is 0 Å². The summed E-state index contributed by atoms with van der Waals surface area (Å²) in [5.74, 6) is 0.539. The second-order valence-corrected chi connectivity index (χ2v) is 9.98. The fraction of sp³-hybridized carbons (Fsp3) is 0.562. The van der Waals surface area contributed by atoms with E-state index in [2.05, 4.69) is 10.9 Å². The smallest absolute Gasteiger partial charge is 0.269 e. The summed E-state index contributed by atoms with van der Waals surface area (Å²) in [6.07, 6.45) is 14.0. The van der Waals surface area contributed by atoms with Gasteiger partial charge in [-0.25, -0.2) is 0 Å². The van der Waals surface area contributed by atoms with E-state index in [0.717, 1.165) is 77.0 Å². The van der Waals surface area contributed by atoms with Crippen LogP contribution in [0.15, 0.2) is 48.5 Å². The number of alkyl halides is 2. The second-order valence-electron chi connectivity index (χ2n) is 9.98. The molecule has 0 saturated carbocycles. The van der Waals surface area contributed by atoms with Crippen LogP contribution in [-0.4, -0.2) is 38.4 Å². The van der Waals surface area contributed by atoms with Crippen molar-refractivity contribution in [2.45, 2.75) is 89.9 Å². The molecule has 2 rings (SSSR count). The first kappa shape index (κ1) is 33.0. The zero-order valence-electron chi connectivity index (χ0n) is 23.7. The molecule has 6 nitrogen and oxygen atoms in total. The van der Waals surface area contributed by atoms with Gasteiger partial charge in [-0.05, 0) is 74.2 Å². The lowest BCUT2D eigenvalue weighted by molar-refractivity contribution is 0.0846. The lowest BCUT2D eigenvalue weighted by Gasteiger charge is -2.10. The molecule has 0 fully saturated rings. The van der Waals surface area contributed by atoms with Crippen molar-refractivity contribution in [2.24, 2.45) is 0 Å². The summed E-state index contributed by atoms with van der Waals surface area (Å²) in [4.78, 5) is 24.8. The van der Waals surface area contributed by atoms with Gasteiger partial charge in [0.15, 0.2) is 0 Å². The summed E-state index contributed by atoms with van der Waals surface area (Å²) in [6.45, 7) is 0.780. The molecule has 8 heteroatoms. The number of carbonyl (C=O) groups is 2. The molecule has 0 heterocycles. The number of hydrogen-bond donors (Lipinski definition) is 2. The highest BCUT2D eigenvalue weighted by atomic mass is 19.1. The highest BCUT2D eigenvalue weighted by molar-refractivity contribution is 5.99. The number of carbonyl (C=O) groups excluding carboxylic acids is 2. The Kier molecular flexibility index (Phi) is 17.9. The van der Waals surface area contributed by atoms with E-state index in [0.29, 0.717) is 48.7 Å². The molecule has 0 unspecified atom stereocenters. The van der Waals surface area contributed by atoms with E-state index in [1.807, 2.05) is 0 Å². The predicted octanol–water partition coefficient (Wildman–Crippen LogP) is 7.92. The van der Waals surface area contributed by atoms with Gasteiger partial charge < -0.3 is 9.47 Å². The fourth-order valence-electron chi connectivity index (χ4n) is 4.20. The Bertz CT molecular complexity index is 861. The third kappa shape index (κ3) is 14.8. The number of halogens is 2. The number of unbranched alkanes of at least 4 members (excludes halogenated alkanes) is 12. The minimum absolute atomic E-state index is 0.221. The van der Waals surface area contributed by atoms with E-state index in [-0.39, 0.29) is 13.3 Å². The summed E-state index contributed by atoms with van der Waals surface area (Å²) in [5.41, 5.74) is 5.69. The van der Waals surface area contributed by atoms with Crippen LogP contribution in [0.25, 0.3) is 0 Å². The van der Waals surface area contributed by atoms with Gasteiger partial charge >= 0.3 is 0 Å². The highest BCUT2D eigenvalue weighted by Gasteiger charge is 2.10. The second kappa shape index (κ2) is 21.6. The standard InChI is InChI=1S/C32H46F2N2O4/c33-23-11-7-3-1-5-9-13-25-39-29-19-15-27(16-20-29)31(37)35-36-32(38)28-17-21-30(22-18-28)40-26-14-10-6-2-4-8-12-24-34/h15-22H,1-14,23-26H2,(H,35,37)(H,36,38). The normalized spacial score (nSPS) is 10.8. The predicted molar refractivity (Wildman–Crippen MR) is 155 cm³/mol. The molecule has 0 aliphatic carbocycles. The van der Waals surface area contributed by atoms with Crippen LogP contribution in [0, 0.1) is 0 Å². The van der Waals surface area contributed by atoms with E-state index in [1.54, 1.807) is 48.5 Å². The van der Waals surface area contributed by atoms with Gasteiger partial charge in [-0.1, -0.05) is 64.2 Å². The molecule has 2 aromatic carbocycles. The largest absolute Gasteiger partial charge is 0.494 e. The van der Waals surface area contributed by atoms with Gasteiger partial charge in [0.25, 0.3) is 11.8 Å². The number of hydrogen-bond acceptors (Lipinski definition) is 4. The molecule has 0 aliphatic heterocycles. The van der Waals surface area contributed by atoms with Gasteiger partial charge in [0.05, 0.1) is 26.6 Å². The van der Waals surface area contributed by atoms with Crippen molar-refractivity contribution >= 4 is 11.8 Å². The number of rotatable bonds is 22. The van der Waals surface area contributed by atoms with Gasteiger partial charge in [-0.3, -0.25) is 29.2 Å². The van der Waals surface area contributed by atoms with Crippen LogP contribution in [0.5, 0.6) is 11.5 Å². The van der Waals surface area contributed by atoms with Gasteiger partial charge in [-0.15, -0.1) is 0 Å². The van der Waals surface area contributed by atoms with E-state index in [1.165, 1.54) is 0 Å². The average Bonchev–Trinajstić information content (AvgIpc) is 2.98. The monoisotopic (exact) mass is 560 g/mol. The van der Waals surface area contributed by atoms with Crippen LogP contribution < -0.4 is 20.3 Å². The third-order valence-corrected chi connectivity index (χ3v) is 6.62. The molecule has 0 saturated heterocycles. The third-order valence-electron chi connectivity index (χ3n) is 6.62. The summed E-state index contributed by atoms with van der Waals surface area (Å²) in [7, 11) is 0. The Morgan fingerprint density at radius 2 is 0.775 bits per heavy atom. The van der Waals surface area contributed by atoms with Crippen LogP contribution >= 0.6 is 0 Å². The lowest BCUT2D eigenvalue weighted by Crippen LogP contribution is -2.41. The lowest BCUT2D eigenvalue weighted by atomic mass is 10.1. The van der Waals surface area contributed by atoms with Crippen molar-refractivity contribution in [1.82, 2.24) is 10.9 Å². The molecule has 40 heavy (non-hydrogen) atoms. The van der Waals surface area contributed by atoms with Crippen molar-refractivity contribution in [3.63, 3.8) is 0 Å². The van der Waals surface area contributed by atoms with E-state index in [9.17, 15) is 18.4 Å². The Morgan fingerprint density at radius 1 is 0.475 bits per heavy atom. The van der Waals surface area contributed by atoms with Gasteiger partial charge in [0, 0.05) is 11.1 Å². The summed E-state index contributed by atoms with van der Waals surface area (Å²) < 4.78 is 35.6. The highest BCUT2D eigenvalue weighted by Crippen LogP contribution is 2.15. The van der Waals surface area contributed by atoms with Crippen molar-refractivity contribution in [1.29, 1.82) is 0 Å². The van der Waals surface area contributed by atoms with E-state index < -0.39 is 11.8 Å². The maximum absolute atomic E-state index is 12.4. The molecule has 0 bridgehead atoms. The summed E-state index contributed by atoms with van der Waals surface area (Å²) in [5, 5.41) is 0. The Hall–Kier alpha value is -3.16. The fourth-order valence-corrected chi connectivity index (χ4v) is 4.20. The number of benzene rings is 2. The molecular formula is C32H46F2N2O4. The van der Waals surface area contributed by atoms with Crippen LogP contribution in [0.4, 0.5) is 8.78 Å². The van der Waals surface area contributed by atoms with Crippen LogP contribution in [-0.2, 0) is 0 Å². The Labute approximate surface area is 238 Å². The summed E-state index contributed by atoms with van der Waals surface area (Å²) in [6, 6.07) is 13.6. The van der Waals surface area contributed by atoms with Gasteiger partial charge in [0.2, 0.25) is 0 Å².